The van der Waals surface area contributed by atoms with E-state index in [0.29, 0.717) is 5.92 Å². The molecule has 10 aromatic carbocycles. The van der Waals surface area contributed by atoms with Gasteiger partial charge in [-0.25, -0.2) is 0 Å². The quantitative estimate of drug-likeness (QED) is 0.148. The van der Waals surface area contributed by atoms with Crippen LogP contribution in [-0.2, 0) is 5.41 Å². The largest absolute Gasteiger partial charge is 0.310 e. The van der Waals surface area contributed by atoms with E-state index in [-0.39, 0.29) is 5.41 Å². The second-order valence-electron chi connectivity index (χ2n) is 19.6. The van der Waals surface area contributed by atoms with Gasteiger partial charge in [-0.05, 0) is 147 Å². The lowest BCUT2D eigenvalue weighted by molar-refractivity contribution is 0.327. The van der Waals surface area contributed by atoms with Gasteiger partial charge >= 0.3 is 0 Å². The first-order chi connectivity index (χ1) is 34.2. The van der Waals surface area contributed by atoms with Gasteiger partial charge in [-0.15, -0.1) is 0 Å². The number of hydrogen-bond acceptors (Lipinski definition) is 1. The molecule has 2 heteroatoms. The molecule has 2 fully saturated rings. The van der Waals surface area contributed by atoms with Crippen molar-refractivity contribution >= 4 is 38.9 Å². The molecule has 2 saturated carbocycles. The number of hydrogen-bond donors (Lipinski definition) is 0. The summed E-state index contributed by atoms with van der Waals surface area (Å²) < 4.78 is 2.41. The molecule has 2 bridgehead atoms. The monoisotopic (exact) mass is 882 g/mol. The maximum Gasteiger partial charge on any atom is 0.0547 e. The van der Waals surface area contributed by atoms with Gasteiger partial charge in [-0.3, -0.25) is 0 Å². The van der Waals surface area contributed by atoms with E-state index < -0.39 is 0 Å². The summed E-state index contributed by atoms with van der Waals surface area (Å²) in [7, 11) is 0. The highest BCUT2D eigenvalue weighted by molar-refractivity contribution is 6.16. The molecule has 2 nitrogen and oxygen atoms in total. The zero-order chi connectivity index (χ0) is 45.5. The molecular weight excluding hydrogens is 833 g/mol. The van der Waals surface area contributed by atoms with E-state index in [1.165, 1.54) is 120 Å². The summed E-state index contributed by atoms with van der Waals surface area (Å²) in [6.07, 6.45) is 5.26. The Morgan fingerprint density at radius 3 is 1.71 bits per heavy atom. The van der Waals surface area contributed by atoms with Crippen molar-refractivity contribution in [3.8, 4) is 61.3 Å². The Hall–Kier alpha value is -8.20. The maximum atomic E-state index is 2.59. The Kier molecular flexibility index (Phi) is 9.24. The molecule has 1 aromatic heterocycles. The molecule has 0 N–H and O–H groups in total. The topological polar surface area (TPSA) is 8.17 Å². The third-order valence-electron chi connectivity index (χ3n) is 16.1. The lowest BCUT2D eigenvalue weighted by Crippen LogP contribution is -2.32. The van der Waals surface area contributed by atoms with E-state index >= 15 is 0 Å². The minimum Gasteiger partial charge on any atom is -0.310 e. The van der Waals surface area contributed by atoms with Crippen LogP contribution in [0.25, 0.3) is 83.1 Å². The minimum absolute atomic E-state index is 0.0608. The molecule has 1 spiro atoms. The second-order valence-corrected chi connectivity index (χ2v) is 19.6. The first-order valence-corrected chi connectivity index (χ1v) is 24.8. The first-order valence-electron chi connectivity index (χ1n) is 24.8. The molecule has 3 atom stereocenters. The molecule has 3 unspecified atom stereocenters. The van der Waals surface area contributed by atoms with Gasteiger partial charge in [0.25, 0.3) is 0 Å². The maximum absolute atomic E-state index is 2.59. The highest BCUT2D eigenvalue weighted by Gasteiger charge is 2.56. The van der Waals surface area contributed by atoms with Crippen molar-refractivity contribution in [2.45, 2.75) is 31.1 Å². The molecule has 0 aliphatic heterocycles. The smallest absolute Gasteiger partial charge is 0.0547 e. The fourth-order valence-corrected chi connectivity index (χ4v) is 13.3. The van der Waals surface area contributed by atoms with E-state index in [9.17, 15) is 0 Å². The van der Waals surface area contributed by atoms with Crippen LogP contribution < -0.4 is 4.90 Å². The second kappa shape index (κ2) is 16.0. The molecule has 0 radical (unpaired) electrons. The Balaban J connectivity index is 0.962. The van der Waals surface area contributed by atoms with Crippen LogP contribution in [0.4, 0.5) is 17.1 Å². The van der Waals surface area contributed by atoms with Gasteiger partial charge in [-0.1, -0.05) is 194 Å². The highest BCUT2D eigenvalue weighted by atomic mass is 15.1. The van der Waals surface area contributed by atoms with Crippen LogP contribution in [-0.4, -0.2) is 4.57 Å². The number of fused-ring (bicyclic) bond motifs is 11. The summed E-state index contributed by atoms with van der Waals surface area (Å²) in [4.78, 5) is 2.55. The fourth-order valence-electron chi connectivity index (χ4n) is 13.3. The fraction of sp³-hybridized carbons (Fsp3) is 0.104. The average Bonchev–Trinajstić information content (AvgIpc) is 4.20. The Labute approximate surface area is 404 Å². The molecule has 0 saturated heterocycles. The summed E-state index contributed by atoms with van der Waals surface area (Å²) >= 11 is 0. The summed E-state index contributed by atoms with van der Waals surface area (Å²) in [5, 5.41) is 2.53. The van der Waals surface area contributed by atoms with Gasteiger partial charge in [0.1, 0.15) is 0 Å². The van der Waals surface area contributed by atoms with Crippen LogP contribution >= 0.6 is 0 Å². The van der Waals surface area contributed by atoms with Crippen LogP contribution in [0.15, 0.2) is 243 Å². The average molecular weight is 883 g/mol. The van der Waals surface area contributed by atoms with Gasteiger partial charge in [0, 0.05) is 38.8 Å². The van der Waals surface area contributed by atoms with Gasteiger partial charge in [0.15, 0.2) is 0 Å². The van der Waals surface area contributed by atoms with Crippen molar-refractivity contribution in [2.75, 3.05) is 4.90 Å². The van der Waals surface area contributed by atoms with Gasteiger partial charge in [0.2, 0.25) is 0 Å². The molecule has 1 heterocycles. The Morgan fingerprint density at radius 1 is 0.391 bits per heavy atom. The van der Waals surface area contributed by atoms with E-state index in [1.807, 2.05) is 0 Å². The summed E-state index contributed by atoms with van der Waals surface area (Å²) in [6, 6.07) is 90.3. The van der Waals surface area contributed by atoms with Crippen molar-refractivity contribution < 1.29 is 0 Å². The first kappa shape index (κ1) is 39.9. The SMILES string of the molecule is c1ccc(-c2ccccc2-c2ccccc2-c2ccccc2N(c2ccc(-c3cccc4c3c3ccccc3n4-c3ccccc3)cc2)c2ccc3c(c2)C2(CC4CCC2C4)c2ccccc2-3)cc1. The van der Waals surface area contributed by atoms with Gasteiger partial charge < -0.3 is 9.47 Å². The lowest BCUT2D eigenvalue weighted by Gasteiger charge is -2.37. The Bertz CT molecular complexity index is 3750. The zero-order valence-electron chi connectivity index (χ0n) is 38.5. The molecule has 3 aliphatic carbocycles. The van der Waals surface area contributed by atoms with Crippen molar-refractivity contribution in [3.63, 3.8) is 0 Å². The predicted molar refractivity (Wildman–Crippen MR) is 289 cm³/mol. The van der Waals surface area contributed by atoms with Gasteiger partial charge in [0.05, 0.1) is 16.7 Å². The van der Waals surface area contributed by atoms with Crippen molar-refractivity contribution in [2.24, 2.45) is 11.8 Å². The highest BCUT2D eigenvalue weighted by Crippen LogP contribution is 2.66. The lowest BCUT2D eigenvalue weighted by atomic mass is 9.67. The van der Waals surface area contributed by atoms with E-state index in [4.69, 9.17) is 0 Å². The van der Waals surface area contributed by atoms with Crippen molar-refractivity contribution in [1.29, 1.82) is 0 Å². The molecule has 328 valence electrons. The van der Waals surface area contributed by atoms with Crippen LogP contribution in [0.2, 0.25) is 0 Å². The van der Waals surface area contributed by atoms with Crippen LogP contribution in [0.1, 0.15) is 36.8 Å². The third-order valence-corrected chi connectivity index (χ3v) is 16.1. The van der Waals surface area contributed by atoms with Crippen LogP contribution in [0.3, 0.4) is 0 Å². The van der Waals surface area contributed by atoms with Crippen LogP contribution in [0, 0.1) is 11.8 Å². The molecule has 11 aromatic rings. The number of nitrogens with zero attached hydrogens (tertiary/aromatic N) is 2. The zero-order valence-corrected chi connectivity index (χ0v) is 38.5. The number of rotatable bonds is 8. The predicted octanol–water partition coefficient (Wildman–Crippen LogP) is 18.0. The molecule has 14 rings (SSSR count). The number of benzene rings is 10. The van der Waals surface area contributed by atoms with E-state index in [1.54, 1.807) is 5.56 Å². The summed E-state index contributed by atoms with van der Waals surface area (Å²) in [6.45, 7) is 0. The normalized spacial score (nSPS) is 17.7. The van der Waals surface area contributed by atoms with E-state index in [2.05, 4.69) is 252 Å². The Morgan fingerprint density at radius 2 is 0.957 bits per heavy atom. The molecule has 69 heavy (non-hydrogen) atoms. The molecule has 3 aliphatic rings. The van der Waals surface area contributed by atoms with E-state index in [0.717, 1.165) is 17.3 Å². The standard InChI is InChI=1S/C67H50N2/c1-3-18-46(19-4-1)52-22-7-8-23-54(52)55-24-9-10-25-56(55)59-27-12-15-31-63(59)68(51-40-41-58-57-26-11-14-30-61(57)67(62(58)43-51)44-45-34-37-48(67)42-45)50-38-35-47(36-39-50)53-29-17-33-65-66(53)60-28-13-16-32-64(60)69(65)49-20-5-2-6-21-49/h1-33,35-36,38-41,43,45,48H,34,37,42,44H2. The van der Waals surface area contributed by atoms with Crippen molar-refractivity contribution in [1.82, 2.24) is 4.57 Å². The summed E-state index contributed by atoms with van der Waals surface area (Å²) in [5.41, 5.74) is 22.7. The molecular formula is C67H50N2. The number of para-hydroxylation sites is 3. The van der Waals surface area contributed by atoms with Crippen LogP contribution in [0.5, 0.6) is 0 Å². The van der Waals surface area contributed by atoms with Crippen molar-refractivity contribution in [3.05, 3.63) is 254 Å². The molecule has 0 amide bonds. The summed E-state index contributed by atoms with van der Waals surface area (Å²) in [5.74, 6) is 1.47. The minimum atomic E-state index is 0.0608. The third kappa shape index (κ3) is 6.18. The number of anilines is 3. The van der Waals surface area contributed by atoms with Gasteiger partial charge in [-0.2, -0.15) is 0 Å². The number of aromatic nitrogens is 1.